The van der Waals surface area contributed by atoms with Crippen LogP contribution in [-0.4, -0.2) is 15.3 Å². The molecule has 68 valence electrons. The van der Waals surface area contributed by atoms with Crippen LogP contribution in [-0.2, 0) is 0 Å². The van der Waals surface area contributed by atoms with Gasteiger partial charge in [-0.05, 0) is 11.4 Å². The molecular weight excluding hydrogens is 208 g/mol. The van der Waals surface area contributed by atoms with Crippen LogP contribution in [0.25, 0.3) is 0 Å². The van der Waals surface area contributed by atoms with Crippen LogP contribution in [0.15, 0.2) is 23.8 Å². The molecule has 5 heteroatoms. The third kappa shape index (κ3) is 1.60. The van der Waals surface area contributed by atoms with Gasteiger partial charge >= 0.3 is 0 Å². The Morgan fingerprint density at radius 1 is 1.62 bits per heavy atom. The number of halogens is 1. The molecule has 1 unspecified atom stereocenters. The van der Waals surface area contributed by atoms with Gasteiger partial charge in [-0.3, -0.25) is 5.10 Å². The number of nitrogens with one attached hydrogen (secondary N) is 1. The monoisotopic (exact) mass is 214 g/mol. The van der Waals surface area contributed by atoms with Gasteiger partial charge in [0, 0.05) is 11.8 Å². The number of rotatable bonds is 2. The van der Waals surface area contributed by atoms with E-state index in [1.807, 2.05) is 5.38 Å². The first-order valence-corrected chi connectivity index (χ1v) is 4.94. The SMILES string of the molecule is OC(c1cn[nH]c1)c1sccc1Cl. The number of hydrogen-bond acceptors (Lipinski definition) is 3. The molecule has 13 heavy (non-hydrogen) atoms. The first-order valence-electron chi connectivity index (χ1n) is 3.68. The first kappa shape index (κ1) is 8.74. The molecule has 0 aliphatic heterocycles. The van der Waals surface area contributed by atoms with E-state index in [9.17, 15) is 5.11 Å². The van der Waals surface area contributed by atoms with E-state index in [0.29, 0.717) is 5.02 Å². The summed E-state index contributed by atoms with van der Waals surface area (Å²) in [5, 5.41) is 18.7. The van der Waals surface area contributed by atoms with E-state index in [4.69, 9.17) is 11.6 Å². The van der Waals surface area contributed by atoms with Crippen LogP contribution in [0.5, 0.6) is 0 Å². The maximum absolute atomic E-state index is 9.82. The van der Waals surface area contributed by atoms with Crippen molar-refractivity contribution >= 4 is 22.9 Å². The molecule has 2 N–H and O–H groups in total. The second-order valence-electron chi connectivity index (χ2n) is 2.57. The fourth-order valence-electron chi connectivity index (χ4n) is 1.06. The molecule has 0 bridgehead atoms. The Morgan fingerprint density at radius 2 is 2.46 bits per heavy atom. The average Bonchev–Trinajstić information content (AvgIpc) is 2.72. The molecule has 0 aliphatic rings. The molecule has 0 aromatic carbocycles. The average molecular weight is 215 g/mol. The lowest BCUT2D eigenvalue weighted by Crippen LogP contribution is -1.95. The molecule has 2 aromatic heterocycles. The molecule has 1 atom stereocenters. The lowest BCUT2D eigenvalue weighted by atomic mass is 10.2. The van der Waals surface area contributed by atoms with Crippen molar-refractivity contribution in [1.82, 2.24) is 10.2 Å². The lowest BCUT2D eigenvalue weighted by molar-refractivity contribution is 0.224. The highest BCUT2D eigenvalue weighted by molar-refractivity contribution is 7.10. The molecule has 0 radical (unpaired) electrons. The molecule has 0 fully saturated rings. The van der Waals surface area contributed by atoms with Gasteiger partial charge in [-0.1, -0.05) is 11.6 Å². The van der Waals surface area contributed by atoms with Crippen molar-refractivity contribution in [3.8, 4) is 0 Å². The van der Waals surface area contributed by atoms with Gasteiger partial charge < -0.3 is 5.11 Å². The molecule has 3 nitrogen and oxygen atoms in total. The Balaban J connectivity index is 2.33. The minimum Gasteiger partial charge on any atom is -0.383 e. The fourth-order valence-corrected chi connectivity index (χ4v) is 2.23. The second kappa shape index (κ2) is 3.49. The Hall–Kier alpha value is -0.840. The normalized spacial score (nSPS) is 13.1. The molecule has 0 saturated heterocycles. The van der Waals surface area contributed by atoms with Crippen molar-refractivity contribution in [2.75, 3.05) is 0 Å². The molecule has 2 rings (SSSR count). The van der Waals surface area contributed by atoms with Gasteiger partial charge in [0.1, 0.15) is 6.10 Å². The summed E-state index contributed by atoms with van der Waals surface area (Å²) < 4.78 is 0. The van der Waals surface area contributed by atoms with Crippen molar-refractivity contribution in [3.63, 3.8) is 0 Å². The van der Waals surface area contributed by atoms with Gasteiger partial charge in [-0.2, -0.15) is 5.10 Å². The first-order chi connectivity index (χ1) is 6.29. The van der Waals surface area contributed by atoms with E-state index < -0.39 is 6.10 Å². The minimum absolute atomic E-state index is 0.596. The Labute approximate surface area is 84.0 Å². The highest BCUT2D eigenvalue weighted by Gasteiger charge is 2.15. The molecule has 0 spiro atoms. The second-order valence-corrected chi connectivity index (χ2v) is 3.92. The quantitative estimate of drug-likeness (QED) is 0.805. The third-order valence-corrected chi connectivity index (χ3v) is 3.14. The van der Waals surface area contributed by atoms with Crippen LogP contribution in [0, 0.1) is 0 Å². The lowest BCUT2D eigenvalue weighted by Gasteiger charge is -2.05. The van der Waals surface area contributed by atoms with Crippen molar-refractivity contribution in [3.05, 3.63) is 39.3 Å². The highest BCUT2D eigenvalue weighted by Crippen LogP contribution is 2.32. The van der Waals surface area contributed by atoms with Gasteiger partial charge in [0.25, 0.3) is 0 Å². The van der Waals surface area contributed by atoms with E-state index >= 15 is 0 Å². The van der Waals surface area contributed by atoms with Crippen LogP contribution < -0.4 is 0 Å². The molecule has 0 saturated carbocycles. The van der Waals surface area contributed by atoms with Crippen LogP contribution in [0.3, 0.4) is 0 Å². The molecule has 2 aromatic rings. The van der Waals surface area contributed by atoms with Crippen LogP contribution >= 0.6 is 22.9 Å². The summed E-state index contributed by atoms with van der Waals surface area (Å²) in [4.78, 5) is 0.753. The number of aliphatic hydroxyl groups excluding tert-OH is 1. The summed E-state index contributed by atoms with van der Waals surface area (Å²) >= 11 is 7.30. The van der Waals surface area contributed by atoms with Crippen LogP contribution in [0.1, 0.15) is 16.5 Å². The van der Waals surface area contributed by atoms with E-state index in [2.05, 4.69) is 10.2 Å². The summed E-state index contributed by atoms with van der Waals surface area (Å²) in [6.07, 6.45) is 2.56. The number of hydrogen-bond donors (Lipinski definition) is 2. The fraction of sp³-hybridized carbons (Fsp3) is 0.125. The van der Waals surface area contributed by atoms with E-state index in [0.717, 1.165) is 10.4 Å². The van der Waals surface area contributed by atoms with E-state index in [1.165, 1.54) is 11.3 Å². The number of aromatic nitrogens is 2. The van der Waals surface area contributed by atoms with Gasteiger partial charge in [0.15, 0.2) is 0 Å². The smallest absolute Gasteiger partial charge is 0.118 e. The van der Waals surface area contributed by atoms with Crippen molar-refractivity contribution < 1.29 is 5.11 Å². The Bertz CT molecular complexity index is 385. The van der Waals surface area contributed by atoms with Gasteiger partial charge in [0.05, 0.1) is 16.1 Å². The predicted octanol–water partition coefficient (Wildman–Crippen LogP) is 2.21. The number of thiophene rings is 1. The standard InChI is InChI=1S/C8H7ClN2OS/c9-6-1-2-13-8(6)7(12)5-3-10-11-4-5/h1-4,7,12H,(H,10,11). The van der Waals surface area contributed by atoms with Crippen LogP contribution in [0.2, 0.25) is 5.02 Å². The summed E-state index contributed by atoms with van der Waals surface area (Å²) in [6.45, 7) is 0. The number of aliphatic hydroxyl groups is 1. The highest BCUT2D eigenvalue weighted by atomic mass is 35.5. The molecule has 0 amide bonds. The maximum atomic E-state index is 9.82. The summed E-state index contributed by atoms with van der Waals surface area (Å²) in [5.74, 6) is 0. The maximum Gasteiger partial charge on any atom is 0.118 e. The van der Waals surface area contributed by atoms with E-state index in [-0.39, 0.29) is 0 Å². The van der Waals surface area contributed by atoms with Crippen LogP contribution in [0.4, 0.5) is 0 Å². The van der Waals surface area contributed by atoms with E-state index in [1.54, 1.807) is 18.5 Å². The summed E-state index contributed by atoms with van der Waals surface area (Å²) in [7, 11) is 0. The largest absolute Gasteiger partial charge is 0.383 e. The molecule has 0 aliphatic carbocycles. The number of nitrogens with zero attached hydrogens (tertiary/aromatic N) is 1. The third-order valence-electron chi connectivity index (χ3n) is 1.73. The van der Waals surface area contributed by atoms with Crippen molar-refractivity contribution in [1.29, 1.82) is 0 Å². The predicted molar refractivity (Wildman–Crippen MR) is 52.0 cm³/mol. The number of H-pyrrole nitrogens is 1. The zero-order valence-corrected chi connectivity index (χ0v) is 8.14. The topological polar surface area (TPSA) is 48.9 Å². The minimum atomic E-state index is -0.675. The zero-order chi connectivity index (χ0) is 9.26. The van der Waals surface area contributed by atoms with Crippen molar-refractivity contribution in [2.24, 2.45) is 0 Å². The van der Waals surface area contributed by atoms with Gasteiger partial charge in [0.2, 0.25) is 0 Å². The molecule has 2 heterocycles. The van der Waals surface area contributed by atoms with Gasteiger partial charge in [-0.25, -0.2) is 0 Å². The Morgan fingerprint density at radius 3 is 3.00 bits per heavy atom. The summed E-state index contributed by atoms with van der Waals surface area (Å²) in [5.41, 5.74) is 0.726. The summed E-state index contributed by atoms with van der Waals surface area (Å²) in [6, 6.07) is 1.77. The zero-order valence-electron chi connectivity index (χ0n) is 6.57. The number of aromatic amines is 1. The Kier molecular flexibility index (Phi) is 2.35. The molecular formula is C8H7ClN2OS. The van der Waals surface area contributed by atoms with Gasteiger partial charge in [-0.15, -0.1) is 11.3 Å². The van der Waals surface area contributed by atoms with Crippen molar-refractivity contribution in [2.45, 2.75) is 6.10 Å².